The summed E-state index contributed by atoms with van der Waals surface area (Å²) in [6.45, 7) is 4.35. The molecule has 1 aliphatic heterocycles. The largest absolute Gasteiger partial charge is 0.494 e. The number of amides is 1. The summed E-state index contributed by atoms with van der Waals surface area (Å²) in [5, 5.41) is 15.9. The van der Waals surface area contributed by atoms with Gasteiger partial charge in [0.25, 0.3) is 5.91 Å². The Balaban J connectivity index is 1.37. The van der Waals surface area contributed by atoms with Crippen molar-refractivity contribution < 1.29 is 18.7 Å². The third-order valence-corrected chi connectivity index (χ3v) is 6.83. The zero-order chi connectivity index (χ0) is 27.5. The molecule has 0 spiro atoms. The van der Waals surface area contributed by atoms with E-state index in [1.807, 2.05) is 0 Å². The number of likely N-dealkylation sites (N-methyl/N-ethyl adjacent to an activating group) is 1. The molecule has 1 aliphatic rings. The van der Waals surface area contributed by atoms with Gasteiger partial charge in [0.05, 0.1) is 43.4 Å². The molecule has 1 amide bonds. The second-order valence-electron chi connectivity index (χ2n) is 9.75. The van der Waals surface area contributed by atoms with Crippen molar-refractivity contribution in [3.8, 4) is 11.4 Å². The fourth-order valence-corrected chi connectivity index (χ4v) is 4.83. The fraction of sp³-hybridized carbons (Fsp3) is 0.357. The van der Waals surface area contributed by atoms with Gasteiger partial charge in [-0.1, -0.05) is 18.2 Å². The van der Waals surface area contributed by atoms with Gasteiger partial charge in [-0.3, -0.25) is 9.48 Å². The maximum atomic E-state index is 15.3. The van der Waals surface area contributed by atoms with Gasteiger partial charge in [-0.25, -0.2) is 4.39 Å². The lowest BCUT2D eigenvalue weighted by Crippen LogP contribution is -2.26. The highest BCUT2D eigenvalue weighted by atomic mass is 19.1. The van der Waals surface area contributed by atoms with E-state index in [1.54, 1.807) is 37.2 Å². The predicted octanol–water partition coefficient (Wildman–Crippen LogP) is 3.03. The molecule has 11 heteroatoms. The number of ether oxygens (including phenoxy) is 2. The molecule has 4 aromatic rings. The average Bonchev–Trinajstić information content (AvgIpc) is 3.53. The minimum Gasteiger partial charge on any atom is -0.494 e. The quantitative estimate of drug-likeness (QED) is 0.353. The number of hydrogen-bond donors (Lipinski definition) is 1. The van der Waals surface area contributed by atoms with Gasteiger partial charge < -0.3 is 19.7 Å². The van der Waals surface area contributed by atoms with E-state index < -0.39 is 11.7 Å². The maximum Gasteiger partial charge on any atom is 0.255 e. The van der Waals surface area contributed by atoms with Gasteiger partial charge in [0, 0.05) is 38.5 Å². The van der Waals surface area contributed by atoms with E-state index >= 15 is 4.39 Å². The molecule has 5 rings (SSSR count). The first-order chi connectivity index (χ1) is 18.9. The van der Waals surface area contributed by atoms with Crippen molar-refractivity contribution in [1.82, 2.24) is 35.0 Å². The lowest BCUT2D eigenvalue weighted by molar-refractivity contribution is 0.0945. The number of nitrogens with one attached hydrogen (secondary N) is 1. The van der Waals surface area contributed by atoms with Crippen LogP contribution in [0.3, 0.4) is 0 Å². The van der Waals surface area contributed by atoms with Crippen LogP contribution in [0.25, 0.3) is 5.69 Å². The number of halogens is 1. The Hall–Kier alpha value is -4.09. The molecule has 0 fully saturated rings. The molecule has 39 heavy (non-hydrogen) atoms. The van der Waals surface area contributed by atoms with Crippen LogP contribution in [-0.4, -0.2) is 63.4 Å². The number of fused-ring (bicyclic) bond motifs is 1. The Bertz CT molecular complexity index is 1500. The van der Waals surface area contributed by atoms with E-state index in [0.717, 1.165) is 25.1 Å². The summed E-state index contributed by atoms with van der Waals surface area (Å²) in [7, 11) is 5.07. The molecule has 1 N–H and O–H groups in total. The summed E-state index contributed by atoms with van der Waals surface area (Å²) in [6.07, 6.45) is 4.33. The topological polar surface area (TPSA) is 99.3 Å². The highest BCUT2D eigenvalue weighted by molar-refractivity contribution is 5.95. The molecule has 2 aromatic heterocycles. The zero-order valence-electron chi connectivity index (χ0n) is 22.6. The molecule has 0 unspecified atom stereocenters. The van der Waals surface area contributed by atoms with Gasteiger partial charge in [0.2, 0.25) is 0 Å². The molecule has 0 saturated carbocycles. The fourth-order valence-electron chi connectivity index (χ4n) is 4.83. The van der Waals surface area contributed by atoms with Crippen LogP contribution in [0.1, 0.15) is 44.0 Å². The SMILES string of the molecule is COCc1nn(Cc2ccc3c(c2)CN(C)CC3)cc1C(=O)NCc1c(-n2ncc(C)n2)ccc(OC)c1F. The minimum absolute atomic E-state index is 0.0658. The lowest BCUT2D eigenvalue weighted by Gasteiger charge is -2.25. The molecule has 204 valence electrons. The second-order valence-corrected chi connectivity index (χ2v) is 9.75. The second kappa shape index (κ2) is 11.3. The first-order valence-corrected chi connectivity index (χ1v) is 12.7. The minimum atomic E-state index is -0.587. The Morgan fingerprint density at radius 3 is 2.74 bits per heavy atom. The number of aromatic nitrogens is 5. The molecule has 10 nitrogen and oxygen atoms in total. The molecule has 2 aromatic carbocycles. The lowest BCUT2D eigenvalue weighted by atomic mass is 9.98. The number of rotatable bonds is 9. The van der Waals surface area contributed by atoms with Crippen LogP contribution in [0, 0.1) is 12.7 Å². The van der Waals surface area contributed by atoms with Crippen molar-refractivity contribution in [2.75, 3.05) is 27.8 Å². The van der Waals surface area contributed by atoms with Gasteiger partial charge in [-0.15, -0.1) is 0 Å². The molecule has 0 atom stereocenters. The van der Waals surface area contributed by atoms with Crippen LogP contribution in [0.5, 0.6) is 5.75 Å². The number of benzene rings is 2. The standard InChI is InChI=1S/C28H32FN7O3/c1-18-12-31-36(32-18)25-7-8-26(39-4)27(29)22(25)13-30-28(37)23-16-35(33-24(23)17-38-3)14-19-5-6-20-9-10-34(2)15-21(20)11-19/h5-8,11-12,16H,9-10,13-15,17H2,1-4H3,(H,30,37). The summed E-state index contributed by atoms with van der Waals surface area (Å²) < 4.78 is 27.5. The average molecular weight is 534 g/mol. The van der Waals surface area contributed by atoms with Crippen molar-refractivity contribution >= 4 is 5.91 Å². The molecular weight excluding hydrogens is 501 g/mol. The van der Waals surface area contributed by atoms with Gasteiger partial charge >= 0.3 is 0 Å². The molecule has 0 bridgehead atoms. The van der Waals surface area contributed by atoms with Crippen molar-refractivity contribution in [3.05, 3.63) is 87.7 Å². The highest BCUT2D eigenvalue weighted by Crippen LogP contribution is 2.26. The van der Waals surface area contributed by atoms with Crippen LogP contribution in [-0.2, 0) is 37.4 Å². The molecule has 0 radical (unpaired) electrons. The van der Waals surface area contributed by atoms with E-state index in [9.17, 15) is 4.79 Å². The smallest absolute Gasteiger partial charge is 0.255 e. The summed E-state index contributed by atoms with van der Waals surface area (Å²) >= 11 is 0. The van der Waals surface area contributed by atoms with Crippen molar-refractivity contribution in [2.45, 2.75) is 39.6 Å². The normalized spacial score (nSPS) is 13.4. The Labute approximate surface area is 226 Å². The van der Waals surface area contributed by atoms with Gasteiger partial charge in [-0.2, -0.15) is 20.1 Å². The van der Waals surface area contributed by atoms with Gasteiger partial charge in [0.1, 0.15) is 5.69 Å². The third-order valence-electron chi connectivity index (χ3n) is 6.83. The number of hydrogen-bond acceptors (Lipinski definition) is 7. The molecule has 0 saturated heterocycles. The van der Waals surface area contributed by atoms with E-state index in [1.165, 1.54) is 29.1 Å². The Morgan fingerprint density at radius 1 is 1.15 bits per heavy atom. The first-order valence-electron chi connectivity index (χ1n) is 12.7. The van der Waals surface area contributed by atoms with Crippen molar-refractivity contribution in [2.24, 2.45) is 0 Å². The summed E-state index contributed by atoms with van der Waals surface area (Å²) in [5.74, 6) is -0.912. The van der Waals surface area contributed by atoms with E-state index in [2.05, 4.69) is 50.8 Å². The molecule has 0 aliphatic carbocycles. The number of nitrogens with zero attached hydrogens (tertiary/aromatic N) is 6. The monoisotopic (exact) mass is 533 g/mol. The molecule has 3 heterocycles. The Morgan fingerprint density at radius 2 is 2.00 bits per heavy atom. The van der Waals surface area contributed by atoms with Crippen molar-refractivity contribution in [3.63, 3.8) is 0 Å². The number of aryl methyl sites for hydroxylation is 1. The summed E-state index contributed by atoms with van der Waals surface area (Å²) in [4.78, 5) is 16.9. The van der Waals surface area contributed by atoms with Gasteiger partial charge in [0.15, 0.2) is 11.6 Å². The third kappa shape index (κ3) is 5.69. The predicted molar refractivity (Wildman–Crippen MR) is 142 cm³/mol. The van der Waals surface area contributed by atoms with Crippen LogP contribution in [0.15, 0.2) is 42.7 Å². The number of carbonyl (C=O) groups is 1. The summed E-state index contributed by atoms with van der Waals surface area (Å²) in [6, 6.07) is 9.67. The van der Waals surface area contributed by atoms with Crippen LogP contribution >= 0.6 is 0 Å². The summed E-state index contributed by atoms with van der Waals surface area (Å²) in [5.41, 5.74) is 5.97. The number of methoxy groups -OCH3 is 2. The highest BCUT2D eigenvalue weighted by Gasteiger charge is 2.21. The Kier molecular flexibility index (Phi) is 7.71. The van der Waals surface area contributed by atoms with Crippen LogP contribution in [0.2, 0.25) is 0 Å². The zero-order valence-corrected chi connectivity index (χ0v) is 22.6. The van der Waals surface area contributed by atoms with Gasteiger partial charge in [-0.05, 0) is 49.2 Å². The van der Waals surface area contributed by atoms with Crippen LogP contribution < -0.4 is 10.1 Å². The van der Waals surface area contributed by atoms with E-state index in [0.29, 0.717) is 29.2 Å². The number of carbonyl (C=O) groups excluding carboxylic acids is 1. The molecular formula is C28H32FN7O3. The maximum absolute atomic E-state index is 15.3. The van der Waals surface area contributed by atoms with E-state index in [-0.39, 0.29) is 24.5 Å². The first kappa shape index (κ1) is 26.5. The van der Waals surface area contributed by atoms with Crippen molar-refractivity contribution in [1.29, 1.82) is 0 Å². The van der Waals surface area contributed by atoms with Crippen LogP contribution in [0.4, 0.5) is 4.39 Å². The van der Waals surface area contributed by atoms with E-state index in [4.69, 9.17) is 9.47 Å².